The lowest BCUT2D eigenvalue weighted by Gasteiger charge is -2.15. The van der Waals surface area contributed by atoms with Crippen LogP contribution in [-0.2, 0) is 24.9 Å². The highest BCUT2D eigenvalue weighted by molar-refractivity contribution is 6.31. The zero-order valence-corrected chi connectivity index (χ0v) is 16.0. The van der Waals surface area contributed by atoms with Crippen molar-refractivity contribution in [1.29, 1.82) is 0 Å². The Bertz CT molecular complexity index is 754. The summed E-state index contributed by atoms with van der Waals surface area (Å²) in [4.78, 5) is 4.66. The fourth-order valence-electron chi connectivity index (χ4n) is 2.75. The van der Waals surface area contributed by atoms with Crippen LogP contribution in [0.25, 0.3) is 0 Å². The number of nitrogens with zero attached hydrogens (tertiary/aromatic N) is 4. The monoisotopic (exact) mass is 376 g/mol. The summed E-state index contributed by atoms with van der Waals surface area (Å²) in [6, 6.07) is 7.74. The smallest absolute Gasteiger partial charge is 0.192 e. The third-order valence-electron chi connectivity index (χ3n) is 4.48. The maximum absolute atomic E-state index is 6.23. The molecule has 3 rings (SSSR count). The molecule has 7 nitrogen and oxygen atoms in total. The molecule has 1 atom stereocenters. The molecule has 0 aliphatic carbocycles. The largest absolute Gasteiger partial charge is 0.376 e. The lowest BCUT2D eigenvalue weighted by atomic mass is 10.2. The Morgan fingerprint density at radius 1 is 1.35 bits per heavy atom. The third kappa shape index (κ3) is 4.95. The maximum Gasteiger partial charge on any atom is 0.192 e. The van der Waals surface area contributed by atoms with Gasteiger partial charge in [0.05, 0.1) is 19.2 Å². The minimum Gasteiger partial charge on any atom is -0.376 e. The van der Waals surface area contributed by atoms with Crippen molar-refractivity contribution in [3.63, 3.8) is 0 Å². The second-order valence-corrected chi connectivity index (χ2v) is 6.76. The number of rotatable bonds is 6. The van der Waals surface area contributed by atoms with Crippen molar-refractivity contribution >= 4 is 17.6 Å². The van der Waals surface area contributed by atoms with Crippen molar-refractivity contribution in [3.8, 4) is 0 Å². The van der Waals surface area contributed by atoms with E-state index < -0.39 is 0 Å². The normalized spacial score (nSPS) is 17.5. The van der Waals surface area contributed by atoms with Crippen LogP contribution in [0, 0.1) is 6.92 Å². The van der Waals surface area contributed by atoms with Crippen molar-refractivity contribution in [1.82, 2.24) is 25.4 Å². The van der Waals surface area contributed by atoms with E-state index in [1.54, 1.807) is 0 Å². The molecule has 2 aromatic rings. The molecule has 26 heavy (non-hydrogen) atoms. The molecule has 1 saturated heterocycles. The van der Waals surface area contributed by atoms with E-state index in [9.17, 15) is 0 Å². The molecule has 0 bridgehead atoms. The molecule has 0 saturated carbocycles. The van der Waals surface area contributed by atoms with Gasteiger partial charge in [-0.25, -0.2) is 4.99 Å². The first-order chi connectivity index (χ1) is 12.6. The number of benzene rings is 1. The zero-order chi connectivity index (χ0) is 18.4. The number of aryl methyl sites for hydroxylation is 1. The van der Waals surface area contributed by atoms with Gasteiger partial charge in [-0.1, -0.05) is 29.8 Å². The Morgan fingerprint density at radius 2 is 2.19 bits per heavy atom. The quantitative estimate of drug-likeness (QED) is 0.597. The van der Waals surface area contributed by atoms with Gasteiger partial charge in [0.15, 0.2) is 11.8 Å². The molecule has 1 aromatic carbocycles. The first-order valence-corrected chi connectivity index (χ1v) is 9.23. The summed E-state index contributed by atoms with van der Waals surface area (Å²) in [6.07, 6.45) is 2.43. The van der Waals surface area contributed by atoms with Gasteiger partial charge in [-0.15, -0.1) is 10.2 Å². The average molecular weight is 377 g/mol. The van der Waals surface area contributed by atoms with E-state index in [1.807, 2.05) is 42.8 Å². The Kier molecular flexibility index (Phi) is 6.46. The molecule has 0 radical (unpaired) electrons. The lowest BCUT2D eigenvalue weighted by molar-refractivity contribution is 0.113. The highest BCUT2D eigenvalue weighted by Gasteiger charge is 2.16. The van der Waals surface area contributed by atoms with E-state index in [-0.39, 0.29) is 6.10 Å². The van der Waals surface area contributed by atoms with Gasteiger partial charge in [-0.3, -0.25) is 0 Å². The van der Waals surface area contributed by atoms with Gasteiger partial charge in [0.25, 0.3) is 0 Å². The summed E-state index contributed by atoms with van der Waals surface area (Å²) < 4.78 is 7.63. The topological polar surface area (TPSA) is 76.4 Å². The molecule has 1 unspecified atom stereocenters. The Labute approximate surface area is 158 Å². The van der Waals surface area contributed by atoms with E-state index in [4.69, 9.17) is 16.3 Å². The van der Waals surface area contributed by atoms with Crippen LogP contribution in [0.3, 0.4) is 0 Å². The van der Waals surface area contributed by atoms with E-state index in [1.165, 1.54) is 0 Å². The molecule has 140 valence electrons. The van der Waals surface area contributed by atoms with Crippen molar-refractivity contribution in [2.45, 2.75) is 39.0 Å². The number of hydrogen-bond donors (Lipinski definition) is 2. The van der Waals surface area contributed by atoms with Crippen molar-refractivity contribution in [2.24, 2.45) is 12.0 Å². The number of aromatic nitrogens is 3. The number of hydrogen-bond acceptors (Lipinski definition) is 4. The van der Waals surface area contributed by atoms with Crippen LogP contribution in [-0.4, -0.2) is 40.0 Å². The molecule has 8 heteroatoms. The summed E-state index contributed by atoms with van der Waals surface area (Å²) in [6.45, 7) is 4.53. The molecule has 2 N–H and O–H groups in total. The second kappa shape index (κ2) is 9.00. The predicted octanol–water partition coefficient (Wildman–Crippen LogP) is 2.19. The van der Waals surface area contributed by atoms with Gasteiger partial charge in [0.2, 0.25) is 0 Å². The second-order valence-electron chi connectivity index (χ2n) is 6.35. The fraction of sp³-hybridized carbons (Fsp3) is 0.500. The molecule has 2 heterocycles. The molecule has 1 aliphatic heterocycles. The summed E-state index contributed by atoms with van der Waals surface area (Å²) in [7, 11) is 1.95. The van der Waals surface area contributed by atoms with Crippen LogP contribution < -0.4 is 10.6 Å². The standard InChI is InChI=1S/C18H25ClN6O/c1-13-23-24-17(25(13)2)12-22-18(21-11-15-7-5-9-26-15)20-10-14-6-3-4-8-16(14)19/h3-4,6,8,15H,5,7,9-12H2,1-2H3,(H2,20,21,22). The van der Waals surface area contributed by atoms with E-state index in [0.29, 0.717) is 19.0 Å². The predicted molar refractivity (Wildman–Crippen MR) is 102 cm³/mol. The minimum atomic E-state index is 0.236. The van der Waals surface area contributed by atoms with Crippen molar-refractivity contribution in [2.75, 3.05) is 13.2 Å². The van der Waals surface area contributed by atoms with Crippen LogP contribution in [0.15, 0.2) is 29.3 Å². The summed E-state index contributed by atoms with van der Waals surface area (Å²) in [5.74, 6) is 2.44. The van der Waals surface area contributed by atoms with E-state index in [0.717, 1.165) is 48.2 Å². The molecule has 1 aliphatic rings. The van der Waals surface area contributed by atoms with Crippen molar-refractivity contribution < 1.29 is 4.74 Å². The molecule has 0 amide bonds. The van der Waals surface area contributed by atoms with Crippen LogP contribution in [0.2, 0.25) is 5.02 Å². The number of guanidine groups is 1. The molecule has 1 aromatic heterocycles. The highest BCUT2D eigenvalue weighted by atomic mass is 35.5. The van der Waals surface area contributed by atoms with Gasteiger partial charge in [0.1, 0.15) is 5.82 Å². The Balaban J connectivity index is 1.64. The summed E-state index contributed by atoms with van der Waals surface area (Å²) in [5, 5.41) is 15.7. The van der Waals surface area contributed by atoms with Crippen LogP contribution >= 0.6 is 11.6 Å². The molecule has 1 fully saturated rings. The summed E-state index contributed by atoms with van der Waals surface area (Å²) >= 11 is 6.23. The number of ether oxygens (including phenoxy) is 1. The number of halogens is 1. The molecule has 0 spiro atoms. The number of aliphatic imine (C=N–C) groups is 1. The SMILES string of the molecule is Cc1nnc(CNC(=NCc2ccccc2Cl)NCC2CCCO2)n1C. The van der Waals surface area contributed by atoms with E-state index in [2.05, 4.69) is 25.8 Å². The number of nitrogens with one attached hydrogen (secondary N) is 2. The zero-order valence-electron chi connectivity index (χ0n) is 15.2. The maximum atomic E-state index is 6.23. The van der Waals surface area contributed by atoms with Gasteiger partial charge < -0.3 is 19.9 Å². The Hall–Kier alpha value is -2.12. The first kappa shape index (κ1) is 18.7. The molecular weight excluding hydrogens is 352 g/mol. The lowest BCUT2D eigenvalue weighted by Crippen LogP contribution is -2.41. The first-order valence-electron chi connectivity index (χ1n) is 8.85. The van der Waals surface area contributed by atoms with Gasteiger partial charge in [0, 0.05) is 25.2 Å². The fourth-order valence-corrected chi connectivity index (χ4v) is 2.94. The average Bonchev–Trinajstić information content (AvgIpc) is 3.27. The van der Waals surface area contributed by atoms with Crippen LogP contribution in [0.1, 0.15) is 30.1 Å². The van der Waals surface area contributed by atoms with Gasteiger partial charge >= 0.3 is 0 Å². The third-order valence-corrected chi connectivity index (χ3v) is 4.85. The van der Waals surface area contributed by atoms with Gasteiger partial charge in [-0.2, -0.15) is 0 Å². The van der Waals surface area contributed by atoms with Crippen molar-refractivity contribution in [3.05, 3.63) is 46.5 Å². The Morgan fingerprint density at radius 3 is 2.88 bits per heavy atom. The van der Waals surface area contributed by atoms with Gasteiger partial charge in [-0.05, 0) is 31.4 Å². The highest BCUT2D eigenvalue weighted by Crippen LogP contribution is 2.15. The summed E-state index contributed by atoms with van der Waals surface area (Å²) in [5.41, 5.74) is 0.988. The minimum absolute atomic E-state index is 0.236. The molecular formula is C18H25ClN6O. The van der Waals surface area contributed by atoms with E-state index >= 15 is 0 Å². The van der Waals surface area contributed by atoms with Crippen LogP contribution in [0.5, 0.6) is 0 Å². The van der Waals surface area contributed by atoms with Crippen LogP contribution in [0.4, 0.5) is 0 Å².